The molecule has 94 valence electrons. The Balaban J connectivity index is 0.00000121. The lowest BCUT2D eigenvalue weighted by molar-refractivity contribution is 0.630. The highest BCUT2D eigenvalue weighted by Gasteiger charge is 2.01. The molecule has 0 aliphatic carbocycles. The van der Waals surface area contributed by atoms with Gasteiger partial charge in [-0.25, -0.2) is 4.39 Å². The van der Waals surface area contributed by atoms with Gasteiger partial charge in [-0.05, 0) is 44.5 Å². The number of aryl methyl sites for hydroxylation is 1. The van der Waals surface area contributed by atoms with Crippen LogP contribution in [0.3, 0.4) is 0 Å². The summed E-state index contributed by atoms with van der Waals surface area (Å²) in [7, 11) is 0. The van der Waals surface area contributed by atoms with E-state index in [2.05, 4.69) is 11.9 Å². The molecule has 0 amide bonds. The third-order valence-corrected chi connectivity index (χ3v) is 1.92. The van der Waals surface area contributed by atoms with Crippen molar-refractivity contribution in [3.63, 3.8) is 0 Å². The summed E-state index contributed by atoms with van der Waals surface area (Å²) in [6.07, 6.45) is 1.87. The second-order valence-corrected chi connectivity index (χ2v) is 3.78. The summed E-state index contributed by atoms with van der Waals surface area (Å²) in [5.41, 5.74) is 3.23. The van der Waals surface area contributed by atoms with E-state index in [4.69, 9.17) is 0 Å². The van der Waals surface area contributed by atoms with Gasteiger partial charge in [-0.15, -0.1) is 0 Å². The van der Waals surface area contributed by atoms with Crippen molar-refractivity contribution in [3.05, 3.63) is 53.5 Å². The summed E-state index contributed by atoms with van der Waals surface area (Å²) in [5.74, 6) is -0.232. The maximum atomic E-state index is 13.4. The lowest BCUT2D eigenvalue weighted by Crippen LogP contribution is -1.98. The summed E-state index contributed by atoms with van der Waals surface area (Å²) >= 11 is 0. The number of hydrogen-bond acceptors (Lipinski definition) is 1. The second-order valence-electron chi connectivity index (χ2n) is 3.78. The molecule has 1 N–H and O–H groups in total. The quantitative estimate of drug-likeness (QED) is 0.723. The largest absolute Gasteiger partial charge is 0.357 e. The highest BCUT2D eigenvalue weighted by Crippen LogP contribution is 2.17. The van der Waals surface area contributed by atoms with Crippen LogP contribution in [0.1, 0.15) is 33.3 Å². The van der Waals surface area contributed by atoms with E-state index in [-0.39, 0.29) is 5.82 Å². The normalized spacial score (nSPS) is 10.4. The average molecular weight is 235 g/mol. The Morgan fingerprint density at radius 3 is 2.35 bits per heavy atom. The number of hydrogen-bond donors (Lipinski definition) is 1. The van der Waals surface area contributed by atoms with E-state index >= 15 is 0 Å². The molecule has 0 heterocycles. The standard InChI is InChI=1S/C13H16FN.C2H6/c1-9(2)7-11(4)15-13-6-5-10(3)8-12(13)14;1-2/h5-8,15H,1H2,2-4H3;1-2H3/b11-7+;. The predicted molar refractivity (Wildman–Crippen MR) is 74.7 cm³/mol. The van der Waals surface area contributed by atoms with Crippen molar-refractivity contribution in [3.8, 4) is 0 Å². The van der Waals surface area contributed by atoms with Gasteiger partial charge in [0.25, 0.3) is 0 Å². The summed E-state index contributed by atoms with van der Waals surface area (Å²) in [6, 6.07) is 5.12. The van der Waals surface area contributed by atoms with Crippen molar-refractivity contribution in [2.75, 3.05) is 5.32 Å². The summed E-state index contributed by atoms with van der Waals surface area (Å²) in [4.78, 5) is 0. The van der Waals surface area contributed by atoms with Gasteiger partial charge in [-0.2, -0.15) is 0 Å². The van der Waals surface area contributed by atoms with Crippen LogP contribution in [-0.4, -0.2) is 0 Å². The van der Waals surface area contributed by atoms with Gasteiger partial charge in [0.2, 0.25) is 0 Å². The van der Waals surface area contributed by atoms with E-state index in [0.29, 0.717) is 5.69 Å². The van der Waals surface area contributed by atoms with Crippen LogP contribution in [0.2, 0.25) is 0 Å². The molecule has 0 aromatic heterocycles. The molecule has 0 atom stereocenters. The van der Waals surface area contributed by atoms with Crippen LogP contribution >= 0.6 is 0 Å². The van der Waals surface area contributed by atoms with Gasteiger partial charge in [-0.1, -0.05) is 32.1 Å². The molecule has 1 aromatic rings. The van der Waals surface area contributed by atoms with Gasteiger partial charge >= 0.3 is 0 Å². The zero-order valence-electron chi connectivity index (χ0n) is 11.4. The van der Waals surface area contributed by atoms with E-state index in [1.165, 1.54) is 6.07 Å². The lowest BCUT2D eigenvalue weighted by Gasteiger charge is -2.08. The van der Waals surface area contributed by atoms with Gasteiger partial charge in [-0.3, -0.25) is 0 Å². The fourth-order valence-corrected chi connectivity index (χ4v) is 1.34. The highest BCUT2D eigenvalue weighted by atomic mass is 19.1. The first-order chi connectivity index (χ1) is 7.99. The molecule has 2 heteroatoms. The number of allylic oxidation sites excluding steroid dienone is 3. The molecule has 0 aliphatic rings. The van der Waals surface area contributed by atoms with Gasteiger partial charge in [0.1, 0.15) is 5.82 Å². The predicted octanol–water partition coefficient (Wildman–Crippen LogP) is 5.05. The molecule has 0 fully saturated rings. The first-order valence-corrected chi connectivity index (χ1v) is 5.86. The molecule has 0 saturated carbocycles. The van der Waals surface area contributed by atoms with Crippen LogP contribution in [0.25, 0.3) is 0 Å². The molecule has 0 aliphatic heterocycles. The Labute approximate surface area is 104 Å². The molecule has 0 saturated heterocycles. The third kappa shape index (κ3) is 5.91. The Morgan fingerprint density at radius 1 is 1.29 bits per heavy atom. The molecule has 1 rings (SSSR count). The zero-order valence-corrected chi connectivity index (χ0v) is 11.4. The van der Waals surface area contributed by atoms with Gasteiger partial charge in [0.05, 0.1) is 5.69 Å². The maximum Gasteiger partial charge on any atom is 0.146 e. The molecule has 0 spiro atoms. The first kappa shape index (κ1) is 15.4. The van der Waals surface area contributed by atoms with Crippen molar-refractivity contribution in [1.82, 2.24) is 0 Å². The second kappa shape index (κ2) is 7.66. The number of anilines is 1. The fourth-order valence-electron chi connectivity index (χ4n) is 1.34. The number of halogens is 1. The van der Waals surface area contributed by atoms with E-state index in [0.717, 1.165) is 16.8 Å². The van der Waals surface area contributed by atoms with Gasteiger partial charge in [0, 0.05) is 5.70 Å². The van der Waals surface area contributed by atoms with Crippen molar-refractivity contribution in [2.24, 2.45) is 0 Å². The third-order valence-electron chi connectivity index (χ3n) is 1.92. The smallest absolute Gasteiger partial charge is 0.146 e. The van der Waals surface area contributed by atoms with E-state index in [1.807, 2.05) is 46.8 Å². The molecule has 0 bridgehead atoms. The highest BCUT2D eigenvalue weighted by molar-refractivity contribution is 5.50. The molecule has 0 radical (unpaired) electrons. The Hall–Kier alpha value is -1.57. The molecule has 1 aromatic carbocycles. The Bertz CT molecular complexity index is 405. The van der Waals surface area contributed by atoms with E-state index in [9.17, 15) is 4.39 Å². The van der Waals surface area contributed by atoms with Crippen LogP contribution in [0.4, 0.5) is 10.1 Å². The van der Waals surface area contributed by atoms with Crippen LogP contribution in [0.15, 0.2) is 42.1 Å². The SMILES string of the molecule is C=C(C)/C=C(\C)Nc1ccc(C)cc1F.CC. The maximum absolute atomic E-state index is 13.4. The van der Waals surface area contributed by atoms with Crippen LogP contribution in [0.5, 0.6) is 0 Å². The van der Waals surface area contributed by atoms with Gasteiger partial charge < -0.3 is 5.32 Å². The summed E-state index contributed by atoms with van der Waals surface area (Å²) in [5, 5.41) is 2.99. The van der Waals surface area contributed by atoms with Crippen LogP contribution in [-0.2, 0) is 0 Å². The van der Waals surface area contributed by atoms with Crippen molar-refractivity contribution < 1.29 is 4.39 Å². The minimum absolute atomic E-state index is 0.232. The zero-order chi connectivity index (χ0) is 13.4. The Kier molecular flexibility index (Phi) is 6.95. The van der Waals surface area contributed by atoms with E-state index < -0.39 is 0 Å². The molecular weight excluding hydrogens is 213 g/mol. The number of benzene rings is 1. The monoisotopic (exact) mass is 235 g/mol. The molecule has 0 unspecified atom stereocenters. The first-order valence-electron chi connectivity index (χ1n) is 5.86. The summed E-state index contributed by atoms with van der Waals surface area (Å²) in [6.45, 7) is 13.4. The molecule has 1 nitrogen and oxygen atoms in total. The fraction of sp³-hybridized carbons (Fsp3) is 0.333. The number of nitrogens with one attached hydrogen (secondary N) is 1. The van der Waals surface area contributed by atoms with Crippen molar-refractivity contribution in [2.45, 2.75) is 34.6 Å². The van der Waals surface area contributed by atoms with Crippen LogP contribution < -0.4 is 5.32 Å². The molecular formula is C15H22FN. The average Bonchev–Trinajstić information content (AvgIpc) is 2.24. The summed E-state index contributed by atoms with van der Waals surface area (Å²) < 4.78 is 13.4. The topological polar surface area (TPSA) is 12.0 Å². The van der Waals surface area contributed by atoms with E-state index in [1.54, 1.807) is 6.07 Å². The van der Waals surface area contributed by atoms with Gasteiger partial charge in [0.15, 0.2) is 0 Å². The van der Waals surface area contributed by atoms with Crippen molar-refractivity contribution in [1.29, 1.82) is 0 Å². The Morgan fingerprint density at radius 2 is 1.88 bits per heavy atom. The molecule has 17 heavy (non-hydrogen) atoms. The minimum Gasteiger partial charge on any atom is -0.357 e. The van der Waals surface area contributed by atoms with Crippen molar-refractivity contribution >= 4 is 5.69 Å². The van der Waals surface area contributed by atoms with Crippen LogP contribution in [0, 0.1) is 12.7 Å². The lowest BCUT2D eigenvalue weighted by atomic mass is 10.2. The number of rotatable bonds is 3. The minimum atomic E-state index is -0.232.